The fraction of sp³-hybridized carbons (Fsp3) is 0.438. The summed E-state index contributed by atoms with van der Waals surface area (Å²) in [5.74, 6) is 2.03. The maximum atomic E-state index is 5.79. The largest absolute Gasteiger partial charge is 0.463 e. The van der Waals surface area contributed by atoms with Gasteiger partial charge in [0.25, 0.3) is 0 Å². The molecule has 4 nitrogen and oxygen atoms in total. The maximum Gasteiger partial charge on any atom is 0.118 e. The molecule has 2 heterocycles. The van der Waals surface area contributed by atoms with E-state index in [9.17, 15) is 0 Å². The van der Waals surface area contributed by atoms with Crippen molar-refractivity contribution in [2.45, 2.75) is 26.4 Å². The molecule has 2 aromatic heterocycles. The van der Waals surface area contributed by atoms with Gasteiger partial charge in [-0.25, -0.2) is 0 Å². The smallest absolute Gasteiger partial charge is 0.118 e. The molecule has 0 aliphatic rings. The van der Waals surface area contributed by atoms with Crippen LogP contribution in [0.4, 0.5) is 0 Å². The highest BCUT2D eigenvalue weighted by atomic mass is 16.3. The summed E-state index contributed by atoms with van der Waals surface area (Å²) in [6, 6.07) is 8.24. The molecule has 0 aliphatic heterocycles. The van der Waals surface area contributed by atoms with Crippen molar-refractivity contribution >= 4 is 0 Å². The zero-order chi connectivity index (χ0) is 14.2. The van der Waals surface area contributed by atoms with Crippen LogP contribution in [0.15, 0.2) is 41.1 Å². The van der Waals surface area contributed by atoms with E-state index in [0.29, 0.717) is 0 Å². The van der Waals surface area contributed by atoms with Crippen LogP contribution in [-0.4, -0.2) is 30.0 Å². The van der Waals surface area contributed by atoms with Gasteiger partial charge in [-0.1, -0.05) is 6.92 Å². The number of rotatable bonds is 8. The summed E-state index contributed by atoms with van der Waals surface area (Å²) in [5.41, 5.74) is 1.32. The predicted octanol–water partition coefficient (Wildman–Crippen LogP) is 2.46. The van der Waals surface area contributed by atoms with E-state index in [1.54, 1.807) is 0 Å². The first kappa shape index (κ1) is 14.8. The number of nitrogens with zero attached hydrogens (tertiary/aromatic N) is 2. The number of aromatic nitrogens is 1. The highest BCUT2D eigenvalue weighted by molar-refractivity contribution is 5.10. The molecule has 108 valence electrons. The summed E-state index contributed by atoms with van der Waals surface area (Å²) >= 11 is 0. The molecule has 2 rings (SSSR count). The summed E-state index contributed by atoms with van der Waals surface area (Å²) in [5, 5.41) is 3.26. The van der Waals surface area contributed by atoms with Crippen LogP contribution in [0.5, 0.6) is 0 Å². The average molecular weight is 273 g/mol. The molecular weight excluding hydrogens is 250 g/mol. The summed E-state index contributed by atoms with van der Waals surface area (Å²) in [4.78, 5) is 6.31. The molecule has 0 aliphatic carbocycles. The normalized spacial score (nSPS) is 11.2. The van der Waals surface area contributed by atoms with Crippen LogP contribution in [0.2, 0.25) is 0 Å². The first-order valence-corrected chi connectivity index (χ1v) is 7.13. The van der Waals surface area contributed by atoms with Gasteiger partial charge in [-0.15, -0.1) is 0 Å². The van der Waals surface area contributed by atoms with Crippen molar-refractivity contribution in [3.8, 4) is 0 Å². The minimum absolute atomic E-state index is 0.803. The van der Waals surface area contributed by atoms with Crippen LogP contribution >= 0.6 is 0 Å². The molecule has 4 heteroatoms. The molecule has 1 N–H and O–H groups in total. The minimum atomic E-state index is 0.803. The monoisotopic (exact) mass is 273 g/mol. The number of furan rings is 1. The van der Waals surface area contributed by atoms with Crippen LogP contribution in [0.25, 0.3) is 0 Å². The number of hydrogen-bond acceptors (Lipinski definition) is 4. The second kappa shape index (κ2) is 7.82. The summed E-state index contributed by atoms with van der Waals surface area (Å²) in [6.45, 7) is 5.71. The van der Waals surface area contributed by atoms with E-state index in [4.69, 9.17) is 4.42 Å². The van der Waals surface area contributed by atoms with Crippen molar-refractivity contribution in [3.05, 3.63) is 53.7 Å². The zero-order valence-electron chi connectivity index (χ0n) is 12.3. The molecule has 0 saturated carbocycles. The standard InChI is InChI=1S/C16H23N3O/c1-3-17-12-15-4-5-16(20-15)13-19(2)11-8-14-6-9-18-10-7-14/h4-7,9-10,17H,3,8,11-13H2,1-2H3. The quantitative estimate of drug-likeness (QED) is 0.802. The molecule has 0 atom stereocenters. The van der Waals surface area contributed by atoms with Crippen molar-refractivity contribution in [2.24, 2.45) is 0 Å². The lowest BCUT2D eigenvalue weighted by molar-refractivity contribution is 0.292. The topological polar surface area (TPSA) is 41.3 Å². The Kier molecular flexibility index (Phi) is 5.77. The van der Waals surface area contributed by atoms with Crippen LogP contribution < -0.4 is 5.32 Å². The zero-order valence-corrected chi connectivity index (χ0v) is 12.3. The van der Waals surface area contributed by atoms with E-state index < -0.39 is 0 Å². The van der Waals surface area contributed by atoms with Crippen LogP contribution in [-0.2, 0) is 19.5 Å². The lowest BCUT2D eigenvalue weighted by atomic mass is 10.2. The second-order valence-electron chi connectivity index (χ2n) is 4.99. The van der Waals surface area contributed by atoms with Crippen molar-refractivity contribution < 1.29 is 4.42 Å². The molecule has 0 saturated heterocycles. The Morgan fingerprint density at radius 3 is 2.65 bits per heavy atom. The van der Waals surface area contributed by atoms with E-state index in [2.05, 4.69) is 53.4 Å². The highest BCUT2D eigenvalue weighted by Crippen LogP contribution is 2.10. The van der Waals surface area contributed by atoms with Gasteiger partial charge in [0.2, 0.25) is 0 Å². The van der Waals surface area contributed by atoms with Gasteiger partial charge >= 0.3 is 0 Å². The number of hydrogen-bond donors (Lipinski definition) is 1. The predicted molar refractivity (Wildman–Crippen MR) is 80.4 cm³/mol. The molecule has 0 bridgehead atoms. The van der Waals surface area contributed by atoms with Gasteiger partial charge in [0.05, 0.1) is 13.1 Å². The Labute approximate surface area is 120 Å². The molecule has 2 aromatic rings. The average Bonchev–Trinajstić information content (AvgIpc) is 2.91. The Bertz CT molecular complexity index is 495. The molecule has 20 heavy (non-hydrogen) atoms. The molecule has 0 amide bonds. The first-order valence-electron chi connectivity index (χ1n) is 7.13. The minimum Gasteiger partial charge on any atom is -0.463 e. The third-order valence-electron chi connectivity index (χ3n) is 3.22. The summed E-state index contributed by atoms with van der Waals surface area (Å²) in [7, 11) is 2.12. The molecule has 0 spiro atoms. The summed E-state index contributed by atoms with van der Waals surface area (Å²) < 4.78 is 5.79. The SMILES string of the molecule is CCNCc1ccc(CN(C)CCc2ccncc2)o1. The van der Waals surface area contributed by atoms with E-state index in [0.717, 1.165) is 44.1 Å². The van der Waals surface area contributed by atoms with Crippen molar-refractivity contribution in [1.82, 2.24) is 15.2 Å². The lowest BCUT2D eigenvalue weighted by Gasteiger charge is -2.14. The third kappa shape index (κ3) is 4.79. The van der Waals surface area contributed by atoms with E-state index in [-0.39, 0.29) is 0 Å². The van der Waals surface area contributed by atoms with Crippen molar-refractivity contribution in [2.75, 3.05) is 20.1 Å². The van der Waals surface area contributed by atoms with Gasteiger partial charge in [0.15, 0.2) is 0 Å². The Hall–Kier alpha value is -1.65. The first-order chi connectivity index (χ1) is 9.78. The fourth-order valence-corrected chi connectivity index (χ4v) is 2.07. The summed E-state index contributed by atoms with van der Waals surface area (Å²) in [6.07, 6.45) is 4.72. The third-order valence-corrected chi connectivity index (χ3v) is 3.22. The maximum absolute atomic E-state index is 5.79. The second-order valence-corrected chi connectivity index (χ2v) is 4.99. The Morgan fingerprint density at radius 2 is 1.90 bits per heavy atom. The van der Waals surface area contributed by atoms with Gasteiger partial charge in [0.1, 0.15) is 11.5 Å². The van der Waals surface area contributed by atoms with Crippen molar-refractivity contribution in [1.29, 1.82) is 0 Å². The molecule has 0 aromatic carbocycles. The van der Waals surface area contributed by atoms with Gasteiger partial charge in [-0.2, -0.15) is 0 Å². The number of likely N-dealkylation sites (N-methyl/N-ethyl adjacent to an activating group) is 1. The van der Waals surface area contributed by atoms with Crippen LogP contribution in [0, 0.1) is 0 Å². The molecule has 0 unspecified atom stereocenters. The van der Waals surface area contributed by atoms with Gasteiger partial charge < -0.3 is 9.73 Å². The van der Waals surface area contributed by atoms with Gasteiger partial charge in [0, 0.05) is 18.9 Å². The highest BCUT2D eigenvalue weighted by Gasteiger charge is 2.05. The molecule has 0 fully saturated rings. The van der Waals surface area contributed by atoms with E-state index >= 15 is 0 Å². The number of pyridine rings is 1. The Balaban J connectivity index is 1.76. The van der Waals surface area contributed by atoms with Gasteiger partial charge in [-0.3, -0.25) is 9.88 Å². The van der Waals surface area contributed by atoms with Crippen LogP contribution in [0.3, 0.4) is 0 Å². The van der Waals surface area contributed by atoms with Crippen LogP contribution in [0.1, 0.15) is 24.0 Å². The Morgan fingerprint density at radius 1 is 1.15 bits per heavy atom. The lowest BCUT2D eigenvalue weighted by Crippen LogP contribution is -2.20. The van der Waals surface area contributed by atoms with Crippen molar-refractivity contribution in [3.63, 3.8) is 0 Å². The molecule has 0 radical (unpaired) electrons. The van der Waals surface area contributed by atoms with E-state index in [1.807, 2.05) is 12.4 Å². The van der Waals surface area contributed by atoms with E-state index in [1.165, 1.54) is 5.56 Å². The molecular formula is C16H23N3O. The van der Waals surface area contributed by atoms with Gasteiger partial charge in [-0.05, 0) is 49.8 Å². The number of nitrogens with one attached hydrogen (secondary N) is 1. The fourth-order valence-electron chi connectivity index (χ4n) is 2.07.